The van der Waals surface area contributed by atoms with Gasteiger partial charge in [-0.2, -0.15) is 0 Å². The molecule has 0 amide bonds. The molecule has 27 heavy (non-hydrogen) atoms. The molecule has 4 nitrogen and oxygen atoms in total. The number of Topliss-reactive ketones (excluding diaryl/α,β-unsaturated/α-hetero) is 1. The molecule has 0 bridgehead atoms. The van der Waals surface area contributed by atoms with E-state index < -0.39 is 0 Å². The molecule has 0 saturated carbocycles. The van der Waals surface area contributed by atoms with Gasteiger partial charge in [-0.15, -0.1) is 0 Å². The molecule has 4 rings (SSSR count). The summed E-state index contributed by atoms with van der Waals surface area (Å²) in [5.41, 5.74) is 2.73. The summed E-state index contributed by atoms with van der Waals surface area (Å²) >= 11 is 0. The number of methoxy groups -OCH3 is 1. The van der Waals surface area contributed by atoms with Crippen molar-refractivity contribution < 1.29 is 35.5 Å². The highest BCUT2D eigenvalue weighted by Gasteiger charge is 2.29. The van der Waals surface area contributed by atoms with Crippen LogP contribution in [0.15, 0.2) is 54.7 Å². The van der Waals surface area contributed by atoms with Crippen molar-refractivity contribution in [3.63, 3.8) is 0 Å². The third-order valence-electron chi connectivity index (χ3n) is 4.86. The van der Waals surface area contributed by atoms with Gasteiger partial charge in [0.2, 0.25) is 5.78 Å². The Bertz CT molecular complexity index is 950. The van der Waals surface area contributed by atoms with Crippen molar-refractivity contribution in [2.45, 2.75) is 25.9 Å². The highest BCUT2D eigenvalue weighted by atomic mass is 79.9. The monoisotopic (exact) mass is 430 g/mol. The molecule has 3 aromatic rings. The normalized spacial score (nSPS) is 12.4. The summed E-state index contributed by atoms with van der Waals surface area (Å²) in [6.45, 7) is 1.21. The highest BCUT2D eigenvalue weighted by molar-refractivity contribution is 5.95. The number of rotatable bonds is 5. The maximum atomic E-state index is 13.1. The number of nitrogens with zero attached hydrogens (tertiary/aromatic N) is 2. The number of imidazole rings is 1. The van der Waals surface area contributed by atoms with Gasteiger partial charge in [-0.1, -0.05) is 0 Å². The van der Waals surface area contributed by atoms with Crippen LogP contribution in [0.5, 0.6) is 5.75 Å². The number of ether oxygens (including phenoxy) is 1. The van der Waals surface area contributed by atoms with Crippen LogP contribution in [0.25, 0.3) is 11.3 Å². The van der Waals surface area contributed by atoms with Crippen molar-refractivity contribution in [2.75, 3.05) is 7.11 Å². The molecule has 0 unspecified atom stereocenters. The SMILES string of the molecule is COc1ccc(-c2c[n+](CC(=O)c3ccc(F)cc3)c3n2CCC3)cc1.[Br-]. The summed E-state index contributed by atoms with van der Waals surface area (Å²) in [5.74, 6) is 1.63. The smallest absolute Gasteiger partial charge is 0.257 e. The second-order valence-corrected chi connectivity index (χ2v) is 6.47. The Balaban J connectivity index is 0.00000210. The average Bonchev–Trinajstić information content (AvgIpc) is 3.26. The Kier molecular flexibility index (Phi) is 5.75. The van der Waals surface area contributed by atoms with E-state index in [4.69, 9.17) is 4.74 Å². The van der Waals surface area contributed by atoms with E-state index in [1.54, 1.807) is 19.2 Å². The third kappa shape index (κ3) is 3.81. The Hall–Kier alpha value is -2.47. The molecule has 140 valence electrons. The molecule has 0 spiro atoms. The van der Waals surface area contributed by atoms with Gasteiger partial charge in [0.15, 0.2) is 12.2 Å². The number of ketones is 1. The number of aromatic nitrogens is 2. The topological polar surface area (TPSA) is 35.1 Å². The zero-order valence-corrected chi connectivity index (χ0v) is 16.6. The molecule has 2 heterocycles. The van der Waals surface area contributed by atoms with E-state index in [1.807, 2.05) is 35.0 Å². The van der Waals surface area contributed by atoms with Crippen LogP contribution in [0.1, 0.15) is 22.6 Å². The van der Waals surface area contributed by atoms with Gasteiger partial charge >= 0.3 is 0 Å². The van der Waals surface area contributed by atoms with Gasteiger partial charge in [0, 0.05) is 11.1 Å². The van der Waals surface area contributed by atoms with E-state index >= 15 is 0 Å². The quantitative estimate of drug-likeness (QED) is 0.434. The molecule has 0 aliphatic carbocycles. The van der Waals surface area contributed by atoms with Crippen molar-refractivity contribution in [1.29, 1.82) is 0 Å². The fraction of sp³-hybridized carbons (Fsp3) is 0.238. The van der Waals surface area contributed by atoms with Gasteiger partial charge in [0.05, 0.1) is 20.1 Å². The minimum absolute atomic E-state index is 0. The minimum Gasteiger partial charge on any atom is -1.00 e. The molecular weight excluding hydrogens is 411 g/mol. The van der Waals surface area contributed by atoms with E-state index in [1.165, 1.54) is 12.1 Å². The van der Waals surface area contributed by atoms with Crippen molar-refractivity contribution in [3.8, 4) is 17.0 Å². The van der Waals surface area contributed by atoms with Crippen molar-refractivity contribution in [3.05, 3.63) is 71.9 Å². The second-order valence-electron chi connectivity index (χ2n) is 6.47. The minimum atomic E-state index is -0.333. The summed E-state index contributed by atoms with van der Waals surface area (Å²) in [6.07, 6.45) is 4.06. The van der Waals surface area contributed by atoms with Gasteiger partial charge in [-0.3, -0.25) is 4.79 Å². The molecule has 2 aromatic carbocycles. The highest BCUT2D eigenvalue weighted by Crippen LogP contribution is 2.26. The maximum absolute atomic E-state index is 13.1. The third-order valence-corrected chi connectivity index (χ3v) is 4.86. The predicted octanol–water partition coefficient (Wildman–Crippen LogP) is 0.423. The van der Waals surface area contributed by atoms with Crippen molar-refractivity contribution in [1.82, 2.24) is 4.57 Å². The van der Waals surface area contributed by atoms with Crippen LogP contribution in [-0.4, -0.2) is 17.5 Å². The fourth-order valence-electron chi connectivity index (χ4n) is 3.52. The number of fused-ring (bicyclic) bond motifs is 1. The van der Waals surface area contributed by atoms with Crippen LogP contribution in [0.2, 0.25) is 0 Å². The van der Waals surface area contributed by atoms with Crippen LogP contribution < -0.4 is 26.3 Å². The van der Waals surface area contributed by atoms with Gasteiger partial charge in [0.1, 0.15) is 17.8 Å². The average molecular weight is 431 g/mol. The lowest BCUT2D eigenvalue weighted by Gasteiger charge is -2.01. The molecule has 6 heteroatoms. The summed E-state index contributed by atoms with van der Waals surface area (Å²) in [6, 6.07) is 13.7. The molecule has 1 aromatic heterocycles. The van der Waals surface area contributed by atoms with Crippen LogP contribution >= 0.6 is 0 Å². The first kappa shape index (κ1) is 19.3. The van der Waals surface area contributed by atoms with Crippen LogP contribution in [0, 0.1) is 5.82 Å². The van der Waals surface area contributed by atoms with Gasteiger partial charge < -0.3 is 21.7 Å². The van der Waals surface area contributed by atoms with E-state index in [-0.39, 0.29) is 35.1 Å². The number of hydrogen-bond acceptors (Lipinski definition) is 2. The van der Waals surface area contributed by atoms with Crippen LogP contribution in [0.4, 0.5) is 4.39 Å². The zero-order valence-electron chi connectivity index (χ0n) is 15.0. The second kappa shape index (κ2) is 8.05. The maximum Gasteiger partial charge on any atom is 0.257 e. The summed E-state index contributed by atoms with van der Waals surface area (Å²) in [5, 5.41) is 0. The number of halogens is 2. The summed E-state index contributed by atoms with van der Waals surface area (Å²) < 4.78 is 22.6. The van der Waals surface area contributed by atoms with Crippen LogP contribution in [-0.2, 0) is 19.5 Å². The largest absolute Gasteiger partial charge is 1.00 e. The predicted molar refractivity (Wildman–Crippen MR) is 95.7 cm³/mol. The zero-order chi connectivity index (χ0) is 18.1. The molecule has 0 fully saturated rings. The number of benzene rings is 2. The van der Waals surface area contributed by atoms with E-state index in [9.17, 15) is 9.18 Å². The molecule has 0 saturated heterocycles. The molecule has 0 atom stereocenters. The first-order valence-electron chi connectivity index (χ1n) is 8.71. The molecular formula is C21H20BrFN2O2. The van der Waals surface area contributed by atoms with E-state index in [0.29, 0.717) is 5.56 Å². The molecule has 1 aliphatic heterocycles. The van der Waals surface area contributed by atoms with E-state index in [0.717, 1.165) is 42.2 Å². The lowest BCUT2D eigenvalue weighted by molar-refractivity contribution is -0.689. The lowest BCUT2D eigenvalue weighted by atomic mass is 10.1. The Labute approximate surface area is 168 Å². The lowest BCUT2D eigenvalue weighted by Crippen LogP contribution is -3.00. The molecule has 1 aliphatic rings. The van der Waals surface area contributed by atoms with Gasteiger partial charge in [0.25, 0.3) is 5.82 Å². The number of carbonyl (C=O) groups is 1. The summed E-state index contributed by atoms with van der Waals surface area (Å²) in [4.78, 5) is 12.6. The number of carbonyl (C=O) groups excluding carboxylic acids is 1. The van der Waals surface area contributed by atoms with Crippen LogP contribution in [0.3, 0.4) is 0 Å². The van der Waals surface area contributed by atoms with Gasteiger partial charge in [-0.05, 0) is 55.0 Å². The van der Waals surface area contributed by atoms with Crippen molar-refractivity contribution in [2.24, 2.45) is 0 Å². The number of hydrogen-bond donors (Lipinski definition) is 0. The Morgan fingerprint density at radius 1 is 1.15 bits per heavy atom. The Morgan fingerprint density at radius 2 is 1.85 bits per heavy atom. The standard InChI is InChI=1S/C21H20FN2O2.BrH/c1-26-18-10-6-15(7-11-18)19-13-23(21-3-2-12-24(19)21)14-20(25)16-4-8-17(22)9-5-16;/h4-11,13H,2-3,12,14H2,1H3;1H/q+1;/p-1. The molecule has 0 radical (unpaired) electrons. The van der Waals surface area contributed by atoms with Gasteiger partial charge in [-0.25, -0.2) is 13.5 Å². The van der Waals surface area contributed by atoms with E-state index in [2.05, 4.69) is 4.57 Å². The molecule has 0 N–H and O–H groups in total. The van der Waals surface area contributed by atoms with Crippen molar-refractivity contribution >= 4 is 5.78 Å². The Morgan fingerprint density at radius 3 is 2.52 bits per heavy atom. The fourth-order valence-corrected chi connectivity index (χ4v) is 3.52. The summed E-state index contributed by atoms with van der Waals surface area (Å²) in [7, 11) is 1.65. The first-order chi connectivity index (χ1) is 12.7. The first-order valence-corrected chi connectivity index (χ1v) is 8.71.